The van der Waals surface area contributed by atoms with Gasteiger partial charge in [-0.3, -0.25) is 0 Å². The summed E-state index contributed by atoms with van der Waals surface area (Å²) in [5.74, 6) is 0.619. The lowest BCUT2D eigenvalue weighted by Crippen LogP contribution is -2.20. The zero-order valence-corrected chi connectivity index (χ0v) is 13.0. The maximum absolute atomic E-state index is 13.3. The number of hydrogen-bond donors (Lipinski definition) is 1. The van der Waals surface area contributed by atoms with Crippen LogP contribution in [0.1, 0.15) is 19.4 Å². The molecule has 21 heavy (non-hydrogen) atoms. The van der Waals surface area contributed by atoms with Crippen molar-refractivity contribution in [3.8, 4) is 5.88 Å². The van der Waals surface area contributed by atoms with Crippen LogP contribution in [0.2, 0.25) is 0 Å². The fraction of sp³-hybridized carbons (Fsp3) is 0.667. The van der Waals surface area contributed by atoms with Crippen molar-refractivity contribution in [1.82, 2.24) is 10.3 Å². The summed E-state index contributed by atoms with van der Waals surface area (Å²) in [4.78, 5) is 3.99. The van der Waals surface area contributed by atoms with Crippen LogP contribution in [0.3, 0.4) is 0 Å². The van der Waals surface area contributed by atoms with E-state index in [-0.39, 0.29) is 5.82 Å². The molecule has 0 unspecified atom stereocenters. The summed E-state index contributed by atoms with van der Waals surface area (Å²) in [6.07, 6.45) is 1.16. The number of hydrogen-bond acceptors (Lipinski definition) is 5. The van der Waals surface area contributed by atoms with Gasteiger partial charge in [0.15, 0.2) is 0 Å². The number of nitrogens with zero attached hydrogens (tertiary/aromatic N) is 1. The maximum Gasteiger partial charge on any atom is 0.218 e. The molecule has 1 N–H and O–H groups in total. The lowest BCUT2D eigenvalue weighted by Gasteiger charge is -2.12. The fourth-order valence-corrected chi connectivity index (χ4v) is 1.66. The van der Waals surface area contributed by atoms with E-state index >= 15 is 0 Å². The molecule has 5 nitrogen and oxygen atoms in total. The van der Waals surface area contributed by atoms with Gasteiger partial charge in [-0.2, -0.15) is 0 Å². The highest BCUT2D eigenvalue weighted by Gasteiger charge is 2.07. The number of ether oxygens (including phenoxy) is 3. The van der Waals surface area contributed by atoms with E-state index in [1.807, 2.05) is 0 Å². The van der Waals surface area contributed by atoms with Crippen LogP contribution in [-0.4, -0.2) is 45.1 Å². The first kappa shape index (κ1) is 17.8. The summed E-state index contributed by atoms with van der Waals surface area (Å²) in [5, 5.41) is 3.25. The first-order valence-corrected chi connectivity index (χ1v) is 7.18. The fourth-order valence-electron chi connectivity index (χ4n) is 1.66. The van der Waals surface area contributed by atoms with Crippen LogP contribution in [0.15, 0.2) is 12.3 Å². The van der Waals surface area contributed by atoms with Gasteiger partial charge in [0, 0.05) is 19.2 Å². The first-order valence-electron chi connectivity index (χ1n) is 7.18. The summed E-state index contributed by atoms with van der Waals surface area (Å²) < 4.78 is 29.0. The zero-order chi connectivity index (χ0) is 15.5. The Bertz CT molecular complexity index is 403. The van der Waals surface area contributed by atoms with Crippen LogP contribution >= 0.6 is 0 Å². The lowest BCUT2D eigenvalue weighted by atomic mass is 10.2. The van der Waals surface area contributed by atoms with Gasteiger partial charge in [0.25, 0.3) is 0 Å². The molecule has 1 heterocycles. The second-order valence-electron chi connectivity index (χ2n) is 5.10. The number of nitrogens with one attached hydrogen (secondary N) is 1. The van der Waals surface area contributed by atoms with E-state index in [2.05, 4.69) is 24.1 Å². The van der Waals surface area contributed by atoms with Gasteiger partial charge < -0.3 is 19.5 Å². The summed E-state index contributed by atoms with van der Waals surface area (Å²) in [6.45, 7) is 7.52. The molecular formula is C15H25FN2O3. The van der Waals surface area contributed by atoms with Gasteiger partial charge in [0.1, 0.15) is 12.4 Å². The molecule has 0 saturated heterocycles. The topological polar surface area (TPSA) is 52.6 Å². The van der Waals surface area contributed by atoms with E-state index in [1.165, 1.54) is 6.07 Å². The Kier molecular flexibility index (Phi) is 8.89. The van der Waals surface area contributed by atoms with Gasteiger partial charge in [0.2, 0.25) is 5.88 Å². The summed E-state index contributed by atoms with van der Waals surface area (Å²) in [5.41, 5.74) is 0.715. The molecule has 0 aromatic carbocycles. The molecule has 120 valence electrons. The van der Waals surface area contributed by atoms with Crippen molar-refractivity contribution in [2.45, 2.75) is 20.4 Å². The smallest absolute Gasteiger partial charge is 0.218 e. The third-order valence-electron chi connectivity index (χ3n) is 2.66. The molecule has 0 atom stereocenters. The van der Waals surface area contributed by atoms with Gasteiger partial charge in [-0.1, -0.05) is 13.8 Å². The average Bonchev–Trinajstić information content (AvgIpc) is 2.44. The molecule has 0 radical (unpaired) electrons. The molecular weight excluding hydrogens is 275 g/mol. The quantitative estimate of drug-likeness (QED) is 0.634. The minimum absolute atomic E-state index is 0.361. The minimum atomic E-state index is -0.361. The largest absolute Gasteiger partial charge is 0.475 e. The van der Waals surface area contributed by atoms with E-state index in [1.54, 1.807) is 7.11 Å². The number of methoxy groups -OCH3 is 1. The Morgan fingerprint density at radius 2 is 2.00 bits per heavy atom. The summed E-state index contributed by atoms with van der Waals surface area (Å²) in [6, 6.07) is 1.45. The van der Waals surface area contributed by atoms with Crippen molar-refractivity contribution in [3.63, 3.8) is 0 Å². The first-order chi connectivity index (χ1) is 10.1. The number of aromatic nitrogens is 1. The van der Waals surface area contributed by atoms with Crippen LogP contribution in [0.4, 0.5) is 4.39 Å². The van der Waals surface area contributed by atoms with Crippen LogP contribution in [0.5, 0.6) is 5.88 Å². The molecule has 0 bridgehead atoms. The number of pyridine rings is 1. The molecule has 1 aromatic heterocycles. The molecule has 0 spiro atoms. The van der Waals surface area contributed by atoms with E-state index in [9.17, 15) is 4.39 Å². The molecule has 1 rings (SSSR count). The predicted molar refractivity (Wildman–Crippen MR) is 78.9 cm³/mol. The zero-order valence-electron chi connectivity index (χ0n) is 13.0. The van der Waals surface area contributed by atoms with Crippen molar-refractivity contribution in [3.05, 3.63) is 23.6 Å². The van der Waals surface area contributed by atoms with Gasteiger partial charge in [-0.15, -0.1) is 0 Å². The third kappa shape index (κ3) is 7.94. The van der Waals surface area contributed by atoms with Crippen molar-refractivity contribution in [1.29, 1.82) is 0 Å². The Hall–Kier alpha value is -1.24. The number of rotatable bonds is 11. The Labute approximate surface area is 125 Å². The highest BCUT2D eigenvalue weighted by atomic mass is 19.1. The van der Waals surface area contributed by atoms with Crippen LogP contribution in [0, 0.1) is 11.7 Å². The molecule has 0 amide bonds. The van der Waals surface area contributed by atoms with Crippen LogP contribution in [0.25, 0.3) is 0 Å². The number of halogens is 1. The second-order valence-corrected chi connectivity index (χ2v) is 5.10. The molecule has 0 fully saturated rings. The van der Waals surface area contributed by atoms with Gasteiger partial charge in [-0.05, 0) is 18.5 Å². The van der Waals surface area contributed by atoms with Crippen LogP contribution < -0.4 is 10.1 Å². The van der Waals surface area contributed by atoms with Gasteiger partial charge in [0.05, 0.1) is 26.0 Å². The lowest BCUT2D eigenvalue weighted by molar-refractivity contribution is 0.0534. The van der Waals surface area contributed by atoms with Crippen molar-refractivity contribution >= 4 is 0 Å². The Morgan fingerprint density at radius 3 is 2.71 bits per heavy atom. The normalized spacial score (nSPS) is 11.1. The molecule has 6 heteroatoms. The minimum Gasteiger partial charge on any atom is -0.475 e. The maximum atomic E-state index is 13.3. The molecule has 0 aliphatic rings. The standard InChI is InChI=1S/C15H25FN2O3/c1-12(2)9-17-10-13-8-14(16)11-18-15(13)21-7-6-20-5-4-19-3/h8,11-12,17H,4-7,9-10H2,1-3H3. The average molecular weight is 300 g/mol. The van der Waals surface area contributed by atoms with Gasteiger partial charge >= 0.3 is 0 Å². The Balaban J connectivity index is 2.40. The van der Waals surface area contributed by atoms with E-state index in [4.69, 9.17) is 14.2 Å². The summed E-state index contributed by atoms with van der Waals surface area (Å²) in [7, 11) is 1.62. The molecule has 1 aromatic rings. The van der Waals surface area contributed by atoms with Crippen molar-refractivity contribution in [2.24, 2.45) is 5.92 Å². The Morgan fingerprint density at radius 1 is 1.24 bits per heavy atom. The SMILES string of the molecule is COCCOCCOc1ncc(F)cc1CNCC(C)C. The van der Waals surface area contributed by atoms with Crippen LogP contribution in [-0.2, 0) is 16.0 Å². The molecule has 0 aliphatic heterocycles. The van der Waals surface area contributed by atoms with E-state index < -0.39 is 0 Å². The van der Waals surface area contributed by atoms with Gasteiger partial charge in [-0.25, -0.2) is 9.37 Å². The van der Waals surface area contributed by atoms with E-state index in [0.29, 0.717) is 50.3 Å². The highest BCUT2D eigenvalue weighted by Crippen LogP contribution is 2.16. The molecule has 0 saturated carbocycles. The second kappa shape index (κ2) is 10.5. The van der Waals surface area contributed by atoms with Crippen molar-refractivity contribution in [2.75, 3.05) is 40.1 Å². The third-order valence-corrected chi connectivity index (χ3v) is 2.66. The highest BCUT2D eigenvalue weighted by molar-refractivity contribution is 5.26. The predicted octanol–water partition coefficient (Wildman–Crippen LogP) is 2.01. The monoisotopic (exact) mass is 300 g/mol. The summed E-state index contributed by atoms with van der Waals surface area (Å²) >= 11 is 0. The molecule has 0 aliphatic carbocycles. The van der Waals surface area contributed by atoms with Crippen molar-refractivity contribution < 1.29 is 18.6 Å². The van der Waals surface area contributed by atoms with E-state index in [0.717, 1.165) is 12.7 Å².